The van der Waals surface area contributed by atoms with Gasteiger partial charge in [0.25, 0.3) is 0 Å². The Kier molecular flexibility index (Phi) is 4.69. The predicted octanol–water partition coefficient (Wildman–Crippen LogP) is 5.01. The van der Waals surface area contributed by atoms with Gasteiger partial charge in [-0.25, -0.2) is 0 Å². The first kappa shape index (κ1) is 14.9. The van der Waals surface area contributed by atoms with Crippen molar-refractivity contribution in [3.05, 3.63) is 63.6 Å². The van der Waals surface area contributed by atoms with E-state index in [0.29, 0.717) is 21.2 Å². The van der Waals surface area contributed by atoms with Crippen LogP contribution in [0.25, 0.3) is 0 Å². The van der Waals surface area contributed by atoms with E-state index in [2.05, 4.69) is 0 Å². The van der Waals surface area contributed by atoms with Gasteiger partial charge in [0.2, 0.25) is 0 Å². The Hall–Kier alpha value is -1.51. The van der Waals surface area contributed by atoms with Crippen molar-refractivity contribution in [3.8, 4) is 5.75 Å². The summed E-state index contributed by atoms with van der Waals surface area (Å²) in [6, 6.07) is 11.8. The molecule has 2 aromatic rings. The molecule has 0 spiro atoms. The van der Waals surface area contributed by atoms with Crippen molar-refractivity contribution >= 4 is 29.0 Å². The molecule has 2 nitrogen and oxygen atoms in total. The molecule has 0 saturated heterocycles. The maximum absolute atomic E-state index is 12.4. The molecule has 0 amide bonds. The van der Waals surface area contributed by atoms with E-state index in [1.807, 2.05) is 13.8 Å². The molecule has 0 heterocycles. The third-order valence-electron chi connectivity index (χ3n) is 2.66. The molecule has 0 aliphatic carbocycles. The maximum atomic E-state index is 12.4. The normalized spacial score (nSPS) is 10.7. The number of carbonyl (C=O) groups is 1. The molecular weight excluding hydrogens is 295 g/mol. The van der Waals surface area contributed by atoms with E-state index in [9.17, 15) is 4.79 Å². The zero-order chi connectivity index (χ0) is 14.7. The summed E-state index contributed by atoms with van der Waals surface area (Å²) < 4.78 is 5.54. The largest absolute Gasteiger partial charge is 0.491 e. The number of benzene rings is 2. The van der Waals surface area contributed by atoms with Crippen LogP contribution in [0.3, 0.4) is 0 Å². The Bertz CT molecular complexity index is 619. The quantitative estimate of drug-likeness (QED) is 0.742. The smallest absolute Gasteiger partial charge is 0.194 e. The molecular formula is C16H14Cl2O2. The average molecular weight is 309 g/mol. The zero-order valence-electron chi connectivity index (χ0n) is 11.2. The van der Waals surface area contributed by atoms with Crippen molar-refractivity contribution in [3.63, 3.8) is 0 Å². The van der Waals surface area contributed by atoms with E-state index in [1.165, 1.54) is 0 Å². The van der Waals surface area contributed by atoms with Crippen LogP contribution in [0.4, 0.5) is 0 Å². The van der Waals surface area contributed by atoms with Crippen LogP contribution in [0.5, 0.6) is 5.75 Å². The SMILES string of the molecule is CC(C)Oc1ccc(C(=O)c2cc(Cl)ccc2Cl)cc1. The summed E-state index contributed by atoms with van der Waals surface area (Å²) in [5, 5.41) is 0.874. The van der Waals surface area contributed by atoms with Crippen molar-refractivity contribution in [2.24, 2.45) is 0 Å². The van der Waals surface area contributed by atoms with Gasteiger partial charge in [-0.3, -0.25) is 4.79 Å². The van der Waals surface area contributed by atoms with Gasteiger partial charge in [0.05, 0.1) is 11.1 Å². The zero-order valence-corrected chi connectivity index (χ0v) is 12.7. The van der Waals surface area contributed by atoms with Gasteiger partial charge in [-0.1, -0.05) is 23.2 Å². The van der Waals surface area contributed by atoms with Gasteiger partial charge in [-0.15, -0.1) is 0 Å². The molecule has 0 unspecified atom stereocenters. The summed E-state index contributed by atoms with van der Waals surface area (Å²) in [5.41, 5.74) is 0.946. The lowest BCUT2D eigenvalue weighted by molar-refractivity contribution is 0.103. The molecule has 0 aliphatic heterocycles. The van der Waals surface area contributed by atoms with Crippen molar-refractivity contribution in [1.29, 1.82) is 0 Å². The van der Waals surface area contributed by atoms with Crippen molar-refractivity contribution in [2.45, 2.75) is 20.0 Å². The lowest BCUT2D eigenvalue weighted by Gasteiger charge is -2.10. The first-order valence-corrected chi connectivity index (χ1v) is 6.99. The molecule has 0 N–H and O–H groups in total. The number of rotatable bonds is 4. The molecule has 0 saturated carbocycles. The van der Waals surface area contributed by atoms with Crippen LogP contribution in [-0.2, 0) is 0 Å². The predicted molar refractivity (Wildman–Crippen MR) is 82.1 cm³/mol. The summed E-state index contributed by atoms with van der Waals surface area (Å²) >= 11 is 11.9. The molecule has 0 bridgehead atoms. The summed E-state index contributed by atoms with van der Waals surface area (Å²) in [6.07, 6.45) is 0.0962. The Balaban J connectivity index is 2.27. The molecule has 0 aromatic heterocycles. The van der Waals surface area contributed by atoms with Crippen LogP contribution in [0.1, 0.15) is 29.8 Å². The van der Waals surface area contributed by atoms with Gasteiger partial charge in [0, 0.05) is 16.1 Å². The molecule has 0 radical (unpaired) electrons. The van der Waals surface area contributed by atoms with Gasteiger partial charge < -0.3 is 4.74 Å². The lowest BCUT2D eigenvalue weighted by atomic mass is 10.0. The third kappa shape index (κ3) is 3.53. The molecule has 4 heteroatoms. The van der Waals surface area contributed by atoms with Crippen molar-refractivity contribution in [2.75, 3.05) is 0 Å². The molecule has 0 fully saturated rings. The van der Waals surface area contributed by atoms with E-state index < -0.39 is 0 Å². The minimum absolute atomic E-state index is 0.0962. The van der Waals surface area contributed by atoms with Gasteiger partial charge in [-0.05, 0) is 56.3 Å². The number of ether oxygens (including phenoxy) is 1. The van der Waals surface area contributed by atoms with Gasteiger partial charge in [0.1, 0.15) is 5.75 Å². The average Bonchev–Trinajstić information content (AvgIpc) is 2.41. The van der Waals surface area contributed by atoms with E-state index in [0.717, 1.165) is 5.75 Å². The summed E-state index contributed by atoms with van der Waals surface area (Å²) in [5.74, 6) is 0.572. The van der Waals surface area contributed by atoms with E-state index >= 15 is 0 Å². The van der Waals surface area contributed by atoms with Crippen LogP contribution in [-0.4, -0.2) is 11.9 Å². The lowest BCUT2D eigenvalue weighted by Crippen LogP contribution is -2.06. The highest BCUT2D eigenvalue weighted by molar-refractivity contribution is 6.36. The molecule has 0 atom stereocenters. The minimum Gasteiger partial charge on any atom is -0.491 e. The fourth-order valence-electron chi connectivity index (χ4n) is 1.78. The minimum atomic E-state index is -0.159. The Morgan fingerprint density at radius 3 is 2.30 bits per heavy atom. The topological polar surface area (TPSA) is 26.3 Å². The fraction of sp³-hybridized carbons (Fsp3) is 0.188. The van der Waals surface area contributed by atoms with Crippen LogP contribution in [0.15, 0.2) is 42.5 Å². The van der Waals surface area contributed by atoms with Gasteiger partial charge >= 0.3 is 0 Å². The fourth-order valence-corrected chi connectivity index (χ4v) is 2.16. The van der Waals surface area contributed by atoms with Gasteiger partial charge in [0.15, 0.2) is 5.78 Å². The Morgan fingerprint density at radius 2 is 1.70 bits per heavy atom. The Labute approximate surface area is 128 Å². The van der Waals surface area contributed by atoms with Gasteiger partial charge in [-0.2, -0.15) is 0 Å². The molecule has 2 rings (SSSR count). The third-order valence-corrected chi connectivity index (χ3v) is 3.23. The summed E-state index contributed by atoms with van der Waals surface area (Å²) in [6.45, 7) is 3.90. The number of hydrogen-bond acceptors (Lipinski definition) is 2. The highest BCUT2D eigenvalue weighted by Gasteiger charge is 2.13. The van der Waals surface area contributed by atoms with Crippen molar-refractivity contribution < 1.29 is 9.53 Å². The summed E-state index contributed by atoms with van der Waals surface area (Å²) in [7, 11) is 0. The van der Waals surface area contributed by atoms with Crippen LogP contribution in [0, 0.1) is 0 Å². The highest BCUT2D eigenvalue weighted by atomic mass is 35.5. The molecule has 2 aromatic carbocycles. The number of halogens is 2. The van der Waals surface area contributed by atoms with Crippen LogP contribution >= 0.6 is 23.2 Å². The van der Waals surface area contributed by atoms with Crippen LogP contribution < -0.4 is 4.74 Å². The number of carbonyl (C=O) groups excluding carboxylic acids is 1. The van der Waals surface area contributed by atoms with E-state index in [-0.39, 0.29) is 11.9 Å². The number of ketones is 1. The first-order valence-electron chi connectivity index (χ1n) is 6.24. The molecule has 104 valence electrons. The van der Waals surface area contributed by atoms with Crippen molar-refractivity contribution in [1.82, 2.24) is 0 Å². The first-order chi connectivity index (χ1) is 9.47. The van der Waals surface area contributed by atoms with E-state index in [1.54, 1.807) is 42.5 Å². The second-order valence-corrected chi connectivity index (χ2v) is 5.49. The molecule has 20 heavy (non-hydrogen) atoms. The maximum Gasteiger partial charge on any atom is 0.194 e. The second kappa shape index (κ2) is 6.29. The second-order valence-electron chi connectivity index (χ2n) is 4.64. The Morgan fingerprint density at radius 1 is 1.05 bits per heavy atom. The number of hydrogen-bond donors (Lipinski definition) is 0. The monoisotopic (exact) mass is 308 g/mol. The van der Waals surface area contributed by atoms with Crippen LogP contribution in [0.2, 0.25) is 10.0 Å². The highest BCUT2D eigenvalue weighted by Crippen LogP contribution is 2.24. The van der Waals surface area contributed by atoms with E-state index in [4.69, 9.17) is 27.9 Å². The standard InChI is InChI=1S/C16H14Cl2O2/c1-10(2)20-13-6-3-11(4-7-13)16(19)14-9-12(17)5-8-15(14)18/h3-10H,1-2H3. The molecule has 0 aliphatic rings. The summed E-state index contributed by atoms with van der Waals surface area (Å²) in [4.78, 5) is 12.4.